The summed E-state index contributed by atoms with van der Waals surface area (Å²) >= 11 is 0. The fourth-order valence-corrected chi connectivity index (χ4v) is 2.23. The summed E-state index contributed by atoms with van der Waals surface area (Å²) in [7, 11) is 1.59. The van der Waals surface area contributed by atoms with Gasteiger partial charge in [-0.15, -0.1) is 0 Å². The van der Waals surface area contributed by atoms with Gasteiger partial charge in [0.1, 0.15) is 5.69 Å². The molecule has 0 atom stereocenters. The molecule has 0 aromatic carbocycles. The molecule has 1 fully saturated rings. The zero-order valence-electron chi connectivity index (χ0n) is 10.5. The first-order valence-electron chi connectivity index (χ1n) is 6.32. The molecule has 18 heavy (non-hydrogen) atoms. The summed E-state index contributed by atoms with van der Waals surface area (Å²) in [6.45, 7) is 0. The summed E-state index contributed by atoms with van der Waals surface area (Å²) in [4.78, 5) is 15.5. The van der Waals surface area contributed by atoms with Crippen LogP contribution in [0.3, 0.4) is 0 Å². The van der Waals surface area contributed by atoms with Gasteiger partial charge in [0.25, 0.3) is 5.91 Å². The van der Waals surface area contributed by atoms with Crippen molar-refractivity contribution in [1.82, 2.24) is 10.3 Å². The van der Waals surface area contributed by atoms with Crippen LogP contribution in [-0.4, -0.2) is 35.2 Å². The Hall–Kier alpha value is -1.62. The normalized spacial score (nSPS) is 23.4. The molecule has 0 bridgehead atoms. The van der Waals surface area contributed by atoms with Gasteiger partial charge in [-0.05, 0) is 37.8 Å². The van der Waals surface area contributed by atoms with Crippen molar-refractivity contribution < 1.29 is 9.90 Å². The highest BCUT2D eigenvalue weighted by molar-refractivity contribution is 5.92. The van der Waals surface area contributed by atoms with Gasteiger partial charge in [0.15, 0.2) is 0 Å². The number of rotatable bonds is 3. The van der Waals surface area contributed by atoms with E-state index in [1.54, 1.807) is 19.3 Å². The molecule has 1 aromatic heterocycles. The minimum absolute atomic E-state index is 0.151. The Kier molecular flexibility index (Phi) is 4.15. The van der Waals surface area contributed by atoms with Crippen LogP contribution < -0.4 is 10.6 Å². The van der Waals surface area contributed by atoms with E-state index in [-0.39, 0.29) is 12.0 Å². The third-order valence-corrected chi connectivity index (χ3v) is 3.29. The molecule has 1 aliphatic carbocycles. The van der Waals surface area contributed by atoms with E-state index in [4.69, 9.17) is 0 Å². The summed E-state index contributed by atoms with van der Waals surface area (Å²) < 4.78 is 0. The van der Waals surface area contributed by atoms with Crippen LogP contribution in [0.15, 0.2) is 18.3 Å². The van der Waals surface area contributed by atoms with Gasteiger partial charge in [-0.25, -0.2) is 0 Å². The van der Waals surface area contributed by atoms with E-state index in [2.05, 4.69) is 15.6 Å². The van der Waals surface area contributed by atoms with E-state index < -0.39 is 0 Å². The molecule has 3 N–H and O–H groups in total. The zero-order valence-corrected chi connectivity index (χ0v) is 10.5. The van der Waals surface area contributed by atoms with Crippen molar-refractivity contribution in [3.05, 3.63) is 24.0 Å². The van der Waals surface area contributed by atoms with Gasteiger partial charge in [0.2, 0.25) is 0 Å². The zero-order chi connectivity index (χ0) is 13.0. The number of anilines is 1. The quantitative estimate of drug-likeness (QED) is 0.751. The van der Waals surface area contributed by atoms with E-state index in [0.717, 1.165) is 31.4 Å². The van der Waals surface area contributed by atoms with Crippen LogP contribution in [0.5, 0.6) is 0 Å². The Morgan fingerprint density at radius 3 is 2.78 bits per heavy atom. The number of carbonyl (C=O) groups is 1. The van der Waals surface area contributed by atoms with Crippen LogP contribution in [-0.2, 0) is 0 Å². The number of carbonyl (C=O) groups excluding carboxylic acids is 1. The maximum Gasteiger partial charge on any atom is 0.269 e. The predicted molar refractivity (Wildman–Crippen MR) is 69.5 cm³/mol. The van der Waals surface area contributed by atoms with Crippen molar-refractivity contribution in [3.63, 3.8) is 0 Å². The monoisotopic (exact) mass is 249 g/mol. The first kappa shape index (κ1) is 12.8. The highest BCUT2D eigenvalue weighted by Gasteiger charge is 2.19. The SMILES string of the molecule is CNC(=O)c1cc(NC2CCC(O)CC2)ccn1. The van der Waals surface area contributed by atoms with Crippen molar-refractivity contribution in [2.24, 2.45) is 0 Å². The molecular formula is C13H19N3O2. The molecule has 1 aliphatic rings. The van der Waals surface area contributed by atoms with Crippen molar-refractivity contribution in [1.29, 1.82) is 0 Å². The van der Waals surface area contributed by atoms with E-state index in [1.165, 1.54) is 0 Å². The Morgan fingerprint density at radius 2 is 2.11 bits per heavy atom. The summed E-state index contributed by atoms with van der Waals surface area (Å²) in [6.07, 6.45) is 5.07. The van der Waals surface area contributed by atoms with Crippen LogP contribution in [0.4, 0.5) is 5.69 Å². The molecule has 0 spiro atoms. The molecule has 0 unspecified atom stereocenters. The molecule has 0 saturated heterocycles. The van der Waals surface area contributed by atoms with Gasteiger partial charge < -0.3 is 15.7 Å². The van der Waals surface area contributed by atoms with Crippen molar-refractivity contribution in [2.75, 3.05) is 12.4 Å². The molecule has 5 heteroatoms. The number of nitrogens with zero attached hydrogens (tertiary/aromatic N) is 1. The molecule has 0 radical (unpaired) electrons. The Labute approximate surface area is 107 Å². The summed E-state index contributed by atoms with van der Waals surface area (Å²) in [5, 5.41) is 15.4. The van der Waals surface area contributed by atoms with Gasteiger partial charge in [0.05, 0.1) is 6.10 Å². The lowest BCUT2D eigenvalue weighted by Gasteiger charge is -2.27. The number of nitrogens with one attached hydrogen (secondary N) is 2. The molecule has 0 aliphatic heterocycles. The Bertz CT molecular complexity index is 414. The lowest BCUT2D eigenvalue weighted by molar-refractivity contribution is 0.0958. The predicted octanol–water partition coefficient (Wildman–Crippen LogP) is 1.16. The minimum Gasteiger partial charge on any atom is -0.393 e. The van der Waals surface area contributed by atoms with E-state index in [9.17, 15) is 9.90 Å². The van der Waals surface area contributed by atoms with Crippen LogP contribution in [0.25, 0.3) is 0 Å². The number of aromatic nitrogens is 1. The fraction of sp³-hybridized carbons (Fsp3) is 0.538. The number of hydrogen-bond acceptors (Lipinski definition) is 4. The average Bonchev–Trinajstić information content (AvgIpc) is 2.41. The molecular weight excluding hydrogens is 230 g/mol. The van der Waals surface area contributed by atoms with E-state index >= 15 is 0 Å². The second-order valence-electron chi connectivity index (χ2n) is 4.66. The van der Waals surface area contributed by atoms with E-state index in [0.29, 0.717) is 11.7 Å². The van der Waals surface area contributed by atoms with Crippen molar-refractivity contribution in [2.45, 2.75) is 37.8 Å². The fourth-order valence-electron chi connectivity index (χ4n) is 2.23. The topological polar surface area (TPSA) is 74.2 Å². The lowest BCUT2D eigenvalue weighted by Crippen LogP contribution is -2.28. The molecule has 5 nitrogen and oxygen atoms in total. The third kappa shape index (κ3) is 3.20. The minimum atomic E-state index is -0.183. The Balaban J connectivity index is 1.99. The first-order chi connectivity index (χ1) is 8.69. The summed E-state index contributed by atoms with van der Waals surface area (Å²) in [6, 6.07) is 3.98. The van der Waals surface area contributed by atoms with E-state index in [1.807, 2.05) is 6.07 Å². The number of aliphatic hydroxyl groups excluding tert-OH is 1. The highest BCUT2D eigenvalue weighted by atomic mass is 16.3. The van der Waals surface area contributed by atoms with Gasteiger partial charge in [-0.1, -0.05) is 0 Å². The van der Waals surface area contributed by atoms with Gasteiger partial charge in [-0.3, -0.25) is 9.78 Å². The van der Waals surface area contributed by atoms with Crippen LogP contribution in [0.2, 0.25) is 0 Å². The molecule has 1 heterocycles. The molecule has 98 valence electrons. The average molecular weight is 249 g/mol. The van der Waals surface area contributed by atoms with Gasteiger partial charge in [0, 0.05) is 25.0 Å². The molecule has 1 aromatic rings. The van der Waals surface area contributed by atoms with Crippen LogP contribution in [0, 0.1) is 0 Å². The maximum atomic E-state index is 11.5. The van der Waals surface area contributed by atoms with Crippen molar-refractivity contribution >= 4 is 11.6 Å². The second-order valence-corrected chi connectivity index (χ2v) is 4.66. The van der Waals surface area contributed by atoms with Crippen LogP contribution >= 0.6 is 0 Å². The number of amides is 1. The molecule has 2 rings (SSSR count). The number of aliphatic hydroxyl groups is 1. The first-order valence-corrected chi connectivity index (χ1v) is 6.32. The van der Waals surface area contributed by atoms with Gasteiger partial charge >= 0.3 is 0 Å². The van der Waals surface area contributed by atoms with Gasteiger partial charge in [-0.2, -0.15) is 0 Å². The largest absolute Gasteiger partial charge is 0.393 e. The third-order valence-electron chi connectivity index (χ3n) is 3.29. The number of hydrogen-bond donors (Lipinski definition) is 3. The highest BCUT2D eigenvalue weighted by Crippen LogP contribution is 2.22. The Morgan fingerprint density at radius 1 is 1.39 bits per heavy atom. The summed E-state index contributed by atoms with van der Waals surface area (Å²) in [5.41, 5.74) is 1.32. The van der Waals surface area contributed by atoms with Crippen molar-refractivity contribution in [3.8, 4) is 0 Å². The molecule has 1 amide bonds. The number of pyridine rings is 1. The maximum absolute atomic E-state index is 11.5. The standard InChI is InChI=1S/C13H19N3O2/c1-14-13(18)12-8-10(6-7-15-12)16-9-2-4-11(17)5-3-9/h6-9,11,17H,2-5H2,1H3,(H,14,18)(H,15,16). The second kappa shape index (κ2) is 5.82. The smallest absolute Gasteiger partial charge is 0.269 e. The lowest BCUT2D eigenvalue weighted by atomic mass is 9.93. The molecule has 1 saturated carbocycles. The summed E-state index contributed by atoms with van der Waals surface area (Å²) in [5.74, 6) is -0.183. The van der Waals surface area contributed by atoms with Crippen LogP contribution in [0.1, 0.15) is 36.2 Å².